The number of nitrogens with one attached hydrogen (secondary N) is 1. The molecule has 21 heavy (non-hydrogen) atoms. The van der Waals surface area contributed by atoms with Crippen LogP contribution in [0.25, 0.3) is 21.9 Å². The van der Waals surface area contributed by atoms with Gasteiger partial charge in [-0.25, -0.2) is 9.97 Å². The highest BCUT2D eigenvalue weighted by atomic mass is 15.2. The topological polar surface area (TPSA) is 70.8 Å². The number of benzene rings is 1. The fourth-order valence-corrected chi connectivity index (χ4v) is 3.28. The third-order valence-corrected chi connectivity index (χ3v) is 4.52. The monoisotopic (exact) mass is 281 g/mol. The minimum Gasteiger partial charge on any atom is -0.356 e. The molecular formula is C16H19N5. The number of rotatable bonds is 2. The Morgan fingerprint density at radius 3 is 2.81 bits per heavy atom. The molecule has 108 valence electrons. The Balaban J connectivity index is 1.81. The highest BCUT2D eigenvalue weighted by Gasteiger charge is 2.22. The standard InChI is InChI=1S/C16H19N5/c17-9-11-5-7-21(8-6-11)16-14-12-3-1-2-4-13(12)20-15(14)18-10-19-16/h1-4,10-11H,5-9,17H2,(H,18,19,20). The first-order chi connectivity index (χ1) is 10.4. The second kappa shape index (κ2) is 5.00. The summed E-state index contributed by atoms with van der Waals surface area (Å²) in [6, 6.07) is 8.32. The summed E-state index contributed by atoms with van der Waals surface area (Å²) in [6.07, 6.45) is 3.94. The smallest absolute Gasteiger partial charge is 0.143 e. The van der Waals surface area contributed by atoms with Crippen molar-refractivity contribution in [3.05, 3.63) is 30.6 Å². The molecule has 0 atom stereocenters. The van der Waals surface area contributed by atoms with Crippen LogP contribution < -0.4 is 10.6 Å². The fraction of sp³-hybridized carbons (Fsp3) is 0.375. The number of nitrogens with zero attached hydrogens (tertiary/aromatic N) is 3. The number of piperidine rings is 1. The summed E-state index contributed by atoms with van der Waals surface area (Å²) in [6.45, 7) is 2.83. The number of hydrogen-bond acceptors (Lipinski definition) is 4. The highest BCUT2D eigenvalue weighted by Crippen LogP contribution is 2.32. The van der Waals surface area contributed by atoms with Crippen molar-refractivity contribution in [1.29, 1.82) is 0 Å². The average molecular weight is 281 g/mol. The molecule has 4 rings (SSSR count). The molecule has 3 aromatic rings. The zero-order valence-corrected chi connectivity index (χ0v) is 11.9. The maximum Gasteiger partial charge on any atom is 0.143 e. The maximum absolute atomic E-state index is 5.79. The van der Waals surface area contributed by atoms with E-state index in [2.05, 4.69) is 38.1 Å². The van der Waals surface area contributed by atoms with E-state index in [-0.39, 0.29) is 0 Å². The van der Waals surface area contributed by atoms with Gasteiger partial charge in [0.15, 0.2) is 0 Å². The van der Waals surface area contributed by atoms with Crippen LogP contribution in [0.3, 0.4) is 0 Å². The van der Waals surface area contributed by atoms with Crippen molar-refractivity contribution in [3.63, 3.8) is 0 Å². The van der Waals surface area contributed by atoms with Crippen LogP contribution in [0.4, 0.5) is 5.82 Å². The van der Waals surface area contributed by atoms with Crippen molar-refractivity contribution < 1.29 is 0 Å². The lowest BCUT2D eigenvalue weighted by molar-refractivity contribution is 0.413. The molecule has 0 amide bonds. The summed E-state index contributed by atoms with van der Waals surface area (Å²) in [5.74, 6) is 1.70. The van der Waals surface area contributed by atoms with Gasteiger partial charge in [0.1, 0.15) is 17.8 Å². The molecular weight excluding hydrogens is 262 g/mol. The first-order valence-corrected chi connectivity index (χ1v) is 7.53. The van der Waals surface area contributed by atoms with Crippen LogP contribution >= 0.6 is 0 Å². The Morgan fingerprint density at radius 2 is 2.00 bits per heavy atom. The van der Waals surface area contributed by atoms with E-state index in [9.17, 15) is 0 Å². The first kappa shape index (κ1) is 12.6. The van der Waals surface area contributed by atoms with Gasteiger partial charge in [-0.05, 0) is 31.4 Å². The van der Waals surface area contributed by atoms with Gasteiger partial charge in [-0.3, -0.25) is 0 Å². The molecule has 3 N–H and O–H groups in total. The van der Waals surface area contributed by atoms with Crippen LogP contribution in [0.2, 0.25) is 0 Å². The molecule has 0 unspecified atom stereocenters. The summed E-state index contributed by atoms with van der Waals surface area (Å²) in [4.78, 5) is 14.7. The predicted molar refractivity (Wildman–Crippen MR) is 85.4 cm³/mol. The van der Waals surface area contributed by atoms with E-state index in [4.69, 9.17) is 5.73 Å². The molecule has 2 aromatic heterocycles. The highest BCUT2D eigenvalue weighted by molar-refractivity contribution is 6.11. The lowest BCUT2D eigenvalue weighted by Gasteiger charge is -2.32. The molecule has 1 aromatic carbocycles. The van der Waals surface area contributed by atoms with Crippen LogP contribution in [-0.4, -0.2) is 34.6 Å². The Bertz CT molecular complexity index is 771. The van der Waals surface area contributed by atoms with Crippen molar-refractivity contribution in [1.82, 2.24) is 15.0 Å². The molecule has 0 bridgehead atoms. The number of nitrogens with two attached hydrogens (primary N) is 1. The zero-order chi connectivity index (χ0) is 14.2. The van der Waals surface area contributed by atoms with Crippen molar-refractivity contribution in [3.8, 4) is 0 Å². The molecule has 0 spiro atoms. The quantitative estimate of drug-likeness (QED) is 0.756. The Morgan fingerprint density at radius 1 is 1.19 bits per heavy atom. The van der Waals surface area contributed by atoms with Gasteiger partial charge in [-0.2, -0.15) is 0 Å². The normalized spacial score (nSPS) is 16.9. The van der Waals surface area contributed by atoms with Crippen LogP contribution in [0, 0.1) is 5.92 Å². The summed E-state index contributed by atoms with van der Waals surface area (Å²) >= 11 is 0. The Hall–Kier alpha value is -2.14. The van der Waals surface area contributed by atoms with Crippen LogP contribution in [0.5, 0.6) is 0 Å². The third-order valence-electron chi connectivity index (χ3n) is 4.52. The van der Waals surface area contributed by atoms with Crippen molar-refractivity contribution in [2.75, 3.05) is 24.5 Å². The summed E-state index contributed by atoms with van der Waals surface area (Å²) < 4.78 is 0. The van der Waals surface area contributed by atoms with E-state index in [0.717, 1.165) is 54.8 Å². The van der Waals surface area contributed by atoms with E-state index in [1.165, 1.54) is 5.39 Å². The molecule has 1 fully saturated rings. The van der Waals surface area contributed by atoms with Gasteiger partial charge < -0.3 is 15.6 Å². The molecule has 1 aliphatic heterocycles. The van der Waals surface area contributed by atoms with Crippen molar-refractivity contribution >= 4 is 27.8 Å². The van der Waals surface area contributed by atoms with Gasteiger partial charge in [0.2, 0.25) is 0 Å². The zero-order valence-electron chi connectivity index (χ0n) is 11.9. The van der Waals surface area contributed by atoms with Gasteiger partial charge in [0.05, 0.1) is 5.39 Å². The minimum atomic E-state index is 0.654. The maximum atomic E-state index is 5.79. The van der Waals surface area contributed by atoms with Gasteiger partial charge in [0, 0.05) is 24.0 Å². The van der Waals surface area contributed by atoms with Gasteiger partial charge in [-0.15, -0.1) is 0 Å². The van der Waals surface area contributed by atoms with Crippen LogP contribution in [-0.2, 0) is 0 Å². The summed E-state index contributed by atoms with van der Waals surface area (Å²) in [5.41, 5.74) is 7.82. The summed E-state index contributed by atoms with van der Waals surface area (Å²) in [7, 11) is 0. The lowest BCUT2D eigenvalue weighted by Crippen LogP contribution is -2.36. The summed E-state index contributed by atoms with van der Waals surface area (Å²) in [5, 5.41) is 2.34. The van der Waals surface area contributed by atoms with Crippen LogP contribution in [0.1, 0.15) is 12.8 Å². The second-order valence-corrected chi connectivity index (χ2v) is 5.76. The second-order valence-electron chi connectivity index (χ2n) is 5.76. The Kier molecular flexibility index (Phi) is 3.00. The van der Waals surface area contributed by atoms with E-state index in [1.807, 2.05) is 6.07 Å². The van der Waals surface area contributed by atoms with Crippen molar-refractivity contribution in [2.45, 2.75) is 12.8 Å². The molecule has 0 aliphatic carbocycles. The minimum absolute atomic E-state index is 0.654. The van der Waals surface area contributed by atoms with Gasteiger partial charge >= 0.3 is 0 Å². The lowest BCUT2D eigenvalue weighted by atomic mass is 9.97. The van der Waals surface area contributed by atoms with Crippen LogP contribution in [0.15, 0.2) is 30.6 Å². The van der Waals surface area contributed by atoms with Gasteiger partial charge in [0.25, 0.3) is 0 Å². The van der Waals surface area contributed by atoms with E-state index < -0.39 is 0 Å². The molecule has 0 radical (unpaired) electrons. The molecule has 0 saturated carbocycles. The van der Waals surface area contributed by atoms with E-state index in [1.54, 1.807) is 6.33 Å². The number of aromatic nitrogens is 3. The predicted octanol–water partition coefficient (Wildman–Crippen LogP) is 2.29. The van der Waals surface area contributed by atoms with E-state index in [0.29, 0.717) is 5.92 Å². The molecule has 3 heterocycles. The number of anilines is 1. The molecule has 5 nitrogen and oxygen atoms in total. The van der Waals surface area contributed by atoms with Gasteiger partial charge in [-0.1, -0.05) is 18.2 Å². The number of fused-ring (bicyclic) bond motifs is 3. The Labute approximate surface area is 123 Å². The fourth-order valence-electron chi connectivity index (χ4n) is 3.28. The number of H-pyrrole nitrogens is 1. The number of aromatic amines is 1. The largest absolute Gasteiger partial charge is 0.356 e. The molecule has 5 heteroatoms. The molecule has 1 saturated heterocycles. The number of hydrogen-bond donors (Lipinski definition) is 2. The average Bonchev–Trinajstić information content (AvgIpc) is 2.93. The van der Waals surface area contributed by atoms with Crippen molar-refractivity contribution in [2.24, 2.45) is 11.7 Å². The van der Waals surface area contributed by atoms with E-state index >= 15 is 0 Å². The third kappa shape index (κ3) is 2.05. The number of para-hydroxylation sites is 1. The SMILES string of the molecule is NCC1CCN(c2ncnc3[nH]c4ccccc4c23)CC1. The first-order valence-electron chi connectivity index (χ1n) is 7.53. The molecule has 1 aliphatic rings.